The topological polar surface area (TPSA) is 78.6 Å². The molecule has 0 amide bonds. The average Bonchev–Trinajstić information content (AvgIpc) is 2.82. The quantitative estimate of drug-likeness (QED) is 0.277. The molecule has 2 N–H and O–H groups in total. The van der Waals surface area contributed by atoms with Gasteiger partial charge < -0.3 is 10.2 Å². The monoisotopic (exact) mass is 506 g/mol. The Morgan fingerprint density at radius 3 is 1.67 bits per heavy atom. The summed E-state index contributed by atoms with van der Waals surface area (Å²) in [6.45, 7) is 0. The zero-order valence-electron chi connectivity index (χ0n) is 15.8. The first-order valence-corrected chi connectivity index (χ1v) is 11.0. The van der Waals surface area contributed by atoms with Gasteiger partial charge in [0.15, 0.2) is 0 Å². The molecule has 4 rings (SSSR count). The number of aliphatic imine (C=N–C) groups is 1. The van der Waals surface area contributed by atoms with E-state index in [1.54, 1.807) is 54.9 Å². The SMILES string of the molecule is Oc1ccccc1C=Nc1ccccc1O.[Cl][Ru].c1ccc(-c2ccccn2)nc1. The van der Waals surface area contributed by atoms with Gasteiger partial charge in [-0.3, -0.25) is 15.0 Å². The van der Waals surface area contributed by atoms with Crippen molar-refractivity contribution in [1.29, 1.82) is 0 Å². The number of hydrogen-bond acceptors (Lipinski definition) is 5. The van der Waals surface area contributed by atoms with Crippen LogP contribution in [-0.2, 0) is 17.3 Å². The Bertz CT molecular complexity index is 963. The van der Waals surface area contributed by atoms with E-state index in [0.717, 1.165) is 11.4 Å². The predicted octanol–water partition coefficient (Wildman–Crippen LogP) is 5.68. The normalized spacial score (nSPS) is 9.80. The van der Waals surface area contributed by atoms with Gasteiger partial charge in [-0.1, -0.05) is 36.4 Å². The second-order valence-electron chi connectivity index (χ2n) is 5.74. The van der Waals surface area contributed by atoms with Crippen LogP contribution in [0.4, 0.5) is 5.69 Å². The number of nitrogens with zero attached hydrogens (tertiary/aromatic N) is 3. The van der Waals surface area contributed by atoms with Crippen LogP contribution in [0, 0.1) is 0 Å². The third-order valence-electron chi connectivity index (χ3n) is 3.75. The van der Waals surface area contributed by atoms with Crippen molar-refractivity contribution in [1.82, 2.24) is 9.97 Å². The number of benzene rings is 2. The summed E-state index contributed by atoms with van der Waals surface area (Å²) in [6, 6.07) is 25.3. The van der Waals surface area contributed by atoms with Gasteiger partial charge in [0.25, 0.3) is 0 Å². The summed E-state index contributed by atoms with van der Waals surface area (Å²) in [5.74, 6) is 0.288. The average molecular weight is 506 g/mol. The summed E-state index contributed by atoms with van der Waals surface area (Å²) in [5.41, 5.74) is 2.92. The molecule has 0 radical (unpaired) electrons. The first-order valence-electron chi connectivity index (χ1n) is 8.80. The summed E-state index contributed by atoms with van der Waals surface area (Å²) in [7, 11) is 4.57. The Morgan fingerprint density at radius 2 is 1.17 bits per heavy atom. The summed E-state index contributed by atoms with van der Waals surface area (Å²) in [5, 5.41) is 19.0. The maximum Gasteiger partial charge on any atom is 0.0886 e. The van der Waals surface area contributed by atoms with Gasteiger partial charge in [-0.2, -0.15) is 0 Å². The maximum absolute atomic E-state index is 9.50. The second-order valence-corrected chi connectivity index (χ2v) is 5.74. The molecule has 0 aliphatic rings. The molecule has 2 aromatic heterocycles. The fourth-order valence-corrected chi connectivity index (χ4v) is 2.34. The van der Waals surface area contributed by atoms with Gasteiger partial charge in [-0.05, 0) is 48.5 Å². The van der Waals surface area contributed by atoms with Crippen LogP contribution in [0.1, 0.15) is 5.56 Å². The van der Waals surface area contributed by atoms with Crippen molar-refractivity contribution >= 4 is 21.6 Å². The Morgan fingerprint density at radius 1 is 0.667 bits per heavy atom. The van der Waals surface area contributed by atoms with Crippen molar-refractivity contribution in [2.75, 3.05) is 0 Å². The van der Waals surface area contributed by atoms with Crippen molar-refractivity contribution in [3.63, 3.8) is 0 Å². The molecule has 0 bridgehead atoms. The minimum absolute atomic E-state index is 0.120. The molecule has 0 aliphatic heterocycles. The molecule has 0 spiro atoms. The van der Waals surface area contributed by atoms with Gasteiger partial charge in [0, 0.05) is 24.2 Å². The Hall–Kier alpha value is -3.08. The molecular formula is C23H19ClN3O2Ru. The number of aromatic nitrogens is 2. The van der Waals surface area contributed by atoms with E-state index in [0.29, 0.717) is 11.3 Å². The number of aromatic hydroxyl groups is 2. The van der Waals surface area contributed by atoms with E-state index in [1.807, 2.05) is 59.8 Å². The number of hydrogen-bond donors (Lipinski definition) is 2. The minimum Gasteiger partial charge on any atom is -0.255 e. The van der Waals surface area contributed by atoms with E-state index in [2.05, 4.69) is 24.7 Å². The Labute approximate surface area is 189 Å². The van der Waals surface area contributed by atoms with E-state index in [4.69, 9.17) is 0 Å². The van der Waals surface area contributed by atoms with Gasteiger partial charge >= 0.3 is 27.0 Å². The third kappa shape index (κ3) is 7.39. The molecule has 153 valence electrons. The first-order chi connectivity index (χ1) is 14.7. The fourth-order valence-electron chi connectivity index (χ4n) is 2.34. The largest absolute Gasteiger partial charge is 0.255 e. The zero-order chi connectivity index (χ0) is 21.6. The number of para-hydroxylation sites is 3. The van der Waals surface area contributed by atoms with Crippen LogP contribution < -0.4 is 0 Å². The number of rotatable bonds is 3. The number of pyridine rings is 2. The summed E-state index contributed by atoms with van der Waals surface area (Å²) >= 11 is 1.82. The zero-order valence-corrected chi connectivity index (χ0v) is 18.3. The number of halogens is 1. The molecule has 7 heteroatoms. The van der Waals surface area contributed by atoms with Crippen LogP contribution in [0.2, 0.25) is 0 Å². The van der Waals surface area contributed by atoms with Crippen molar-refractivity contribution < 1.29 is 27.5 Å². The molecule has 0 saturated carbocycles. The standard InChI is InChI=1S/C13H11NO2.C10H8N2.ClH.Ru/c15-12-7-3-1-5-10(12)9-14-11-6-2-4-8-13(11)16;1-3-7-11-9(5-1)10-6-2-4-8-12-10;;/h1-9,15-16H;1-8H;1H;/q;;;+1/p-1. The van der Waals surface area contributed by atoms with E-state index < -0.39 is 0 Å². The molecule has 0 aliphatic carbocycles. The van der Waals surface area contributed by atoms with Crippen LogP contribution >= 0.6 is 9.69 Å². The molecular weight excluding hydrogens is 487 g/mol. The van der Waals surface area contributed by atoms with Gasteiger partial charge in [0.2, 0.25) is 0 Å². The Kier molecular flexibility index (Phi) is 10.2. The maximum atomic E-state index is 9.50. The fraction of sp³-hybridized carbons (Fsp3) is 0. The summed E-state index contributed by atoms with van der Waals surface area (Å²) in [4.78, 5) is 12.5. The van der Waals surface area contributed by atoms with Crippen molar-refractivity contribution in [2.24, 2.45) is 4.99 Å². The van der Waals surface area contributed by atoms with Gasteiger partial charge in [-0.25, -0.2) is 0 Å². The second kappa shape index (κ2) is 13.2. The van der Waals surface area contributed by atoms with E-state index in [9.17, 15) is 10.2 Å². The molecule has 0 atom stereocenters. The van der Waals surface area contributed by atoms with Gasteiger partial charge in [0.05, 0.1) is 11.4 Å². The molecule has 4 aromatic rings. The molecule has 0 fully saturated rings. The van der Waals surface area contributed by atoms with Crippen LogP contribution in [0.25, 0.3) is 11.4 Å². The van der Waals surface area contributed by atoms with E-state index >= 15 is 0 Å². The minimum atomic E-state index is 0.120. The Balaban J connectivity index is 0.000000204. The van der Waals surface area contributed by atoms with Crippen LogP contribution in [0.3, 0.4) is 0 Å². The van der Waals surface area contributed by atoms with Gasteiger partial charge in [-0.15, -0.1) is 0 Å². The molecule has 0 saturated heterocycles. The summed E-state index contributed by atoms with van der Waals surface area (Å²) < 4.78 is 0. The van der Waals surface area contributed by atoms with Crippen molar-refractivity contribution in [2.45, 2.75) is 0 Å². The smallest absolute Gasteiger partial charge is 0.0886 e. The third-order valence-corrected chi connectivity index (χ3v) is 3.75. The van der Waals surface area contributed by atoms with Crippen LogP contribution in [0.5, 0.6) is 11.5 Å². The van der Waals surface area contributed by atoms with Crippen molar-refractivity contribution in [3.8, 4) is 22.9 Å². The van der Waals surface area contributed by atoms with E-state index in [-0.39, 0.29) is 11.5 Å². The molecule has 0 unspecified atom stereocenters. The molecule has 2 aromatic carbocycles. The number of phenolic OH excluding ortho intramolecular Hbond substituents is 2. The van der Waals surface area contributed by atoms with E-state index in [1.165, 1.54) is 6.21 Å². The van der Waals surface area contributed by atoms with Crippen LogP contribution in [-0.4, -0.2) is 26.4 Å². The molecule has 5 nitrogen and oxygen atoms in total. The number of phenols is 2. The molecule has 30 heavy (non-hydrogen) atoms. The predicted molar refractivity (Wildman–Crippen MR) is 117 cm³/mol. The van der Waals surface area contributed by atoms with Crippen LogP contribution in [0.15, 0.2) is 102 Å². The van der Waals surface area contributed by atoms with Crippen molar-refractivity contribution in [3.05, 3.63) is 103 Å². The summed E-state index contributed by atoms with van der Waals surface area (Å²) in [6.07, 6.45) is 5.05. The van der Waals surface area contributed by atoms with Gasteiger partial charge in [0.1, 0.15) is 17.2 Å². The molecule has 2 heterocycles. The first kappa shape index (κ1) is 23.2.